The number of nitrogens with zero attached hydrogens (tertiary/aromatic N) is 3. The summed E-state index contributed by atoms with van der Waals surface area (Å²) in [5.41, 5.74) is 3.30. The van der Waals surface area contributed by atoms with Crippen molar-refractivity contribution in [2.45, 2.75) is 94.5 Å². The number of hydrogen-bond donors (Lipinski definition) is 0. The van der Waals surface area contributed by atoms with Crippen molar-refractivity contribution < 1.29 is 0 Å². The van der Waals surface area contributed by atoms with Crippen LogP contribution in [0.2, 0.25) is 0 Å². The molecule has 0 amide bonds. The van der Waals surface area contributed by atoms with Crippen molar-refractivity contribution in [2.24, 2.45) is 11.3 Å². The van der Waals surface area contributed by atoms with Crippen LogP contribution in [0.1, 0.15) is 87.6 Å². The molecule has 0 spiro atoms. The smallest absolute Gasteiger partial charge is 0.0366 e. The Morgan fingerprint density at radius 3 is 1.56 bits per heavy atom. The number of rotatable bonds is 4. The summed E-state index contributed by atoms with van der Waals surface area (Å²) < 4.78 is 0. The average molecular weight is 448 g/mol. The van der Waals surface area contributed by atoms with Crippen molar-refractivity contribution in [3.05, 3.63) is 29.8 Å². The molecule has 32 heavy (non-hydrogen) atoms. The van der Waals surface area contributed by atoms with Crippen molar-refractivity contribution in [3.8, 4) is 0 Å². The summed E-state index contributed by atoms with van der Waals surface area (Å²) in [7, 11) is 2.25. The molecule has 2 aliphatic rings. The molecule has 2 aliphatic heterocycles. The van der Waals surface area contributed by atoms with E-state index in [0.717, 1.165) is 5.92 Å². The maximum Gasteiger partial charge on any atom is 0.0366 e. The first-order valence-corrected chi connectivity index (χ1v) is 13.5. The van der Waals surface area contributed by atoms with Gasteiger partial charge in [-0.2, -0.15) is 0 Å². The Morgan fingerprint density at radius 1 is 0.688 bits per heavy atom. The lowest BCUT2D eigenvalue weighted by molar-refractivity contribution is -0.0515. The molecular weight excluding hydrogens is 390 g/mol. The zero-order chi connectivity index (χ0) is 24.9. The van der Waals surface area contributed by atoms with E-state index < -0.39 is 0 Å². The first-order valence-electron chi connectivity index (χ1n) is 13.5. The van der Waals surface area contributed by atoms with Gasteiger partial charge in [-0.15, -0.1) is 0 Å². The van der Waals surface area contributed by atoms with E-state index >= 15 is 0 Å². The van der Waals surface area contributed by atoms with Crippen LogP contribution < -0.4 is 4.90 Å². The Morgan fingerprint density at radius 2 is 1.12 bits per heavy atom. The lowest BCUT2D eigenvalue weighted by atomic mass is 9.62. The van der Waals surface area contributed by atoms with Crippen molar-refractivity contribution in [1.29, 1.82) is 0 Å². The van der Waals surface area contributed by atoms with Gasteiger partial charge in [0.05, 0.1) is 0 Å². The van der Waals surface area contributed by atoms with Gasteiger partial charge < -0.3 is 9.80 Å². The van der Waals surface area contributed by atoms with Gasteiger partial charge in [0, 0.05) is 50.5 Å². The van der Waals surface area contributed by atoms with E-state index in [-0.39, 0.29) is 5.54 Å². The van der Waals surface area contributed by atoms with Crippen molar-refractivity contribution in [1.82, 2.24) is 9.80 Å². The molecule has 0 N–H and O–H groups in total. The number of aryl methyl sites for hydroxylation is 1. The normalized spacial score (nSPS) is 18.4. The van der Waals surface area contributed by atoms with Gasteiger partial charge in [-0.1, -0.05) is 73.1 Å². The van der Waals surface area contributed by atoms with Crippen LogP contribution in [0, 0.1) is 18.3 Å². The van der Waals surface area contributed by atoms with Gasteiger partial charge in [-0.3, -0.25) is 4.90 Å². The van der Waals surface area contributed by atoms with E-state index in [4.69, 9.17) is 0 Å². The monoisotopic (exact) mass is 447 g/mol. The van der Waals surface area contributed by atoms with Crippen LogP contribution in [-0.2, 0) is 0 Å². The summed E-state index contributed by atoms with van der Waals surface area (Å²) in [5, 5.41) is 0. The highest BCUT2D eigenvalue weighted by Gasteiger charge is 2.47. The van der Waals surface area contributed by atoms with E-state index in [1.807, 2.05) is 41.5 Å². The molecule has 2 fully saturated rings. The zero-order valence-electron chi connectivity index (χ0n) is 23.9. The maximum atomic E-state index is 2.75. The molecule has 3 nitrogen and oxygen atoms in total. The highest BCUT2D eigenvalue weighted by atomic mass is 15.3. The summed E-state index contributed by atoms with van der Waals surface area (Å²) >= 11 is 0. The Labute approximate surface area is 202 Å². The van der Waals surface area contributed by atoms with Crippen LogP contribution in [0.5, 0.6) is 0 Å². The second-order valence-corrected chi connectivity index (χ2v) is 9.67. The van der Waals surface area contributed by atoms with Gasteiger partial charge in [-0.25, -0.2) is 0 Å². The molecular formula is C29H57N3. The molecule has 0 unspecified atom stereocenters. The third-order valence-electron chi connectivity index (χ3n) is 7.79. The van der Waals surface area contributed by atoms with Gasteiger partial charge in [0.15, 0.2) is 0 Å². The SMILES string of the molecule is CC.CC.CC.Cc1ccc(N2CCC(C(C)(C)C(C)(C)N3CCN(C)CC3)CC2)cc1. The lowest BCUT2D eigenvalue weighted by Crippen LogP contribution is -2.62. The maximum absolute atomic E-state index is 2.75. The van der Waals surface area contributed by atoms with Crippen LogP contribution in [0.25, 0.3) is 0 Å². The number of likely N-dealkylation sites (N-methyl/N-ethyl adjacent to an activating group) is 1. The van der Waals surface area contributed by atoms with E-state index in [1.165, 1.54) is 63.4 Å². The standard InChI is InChI=1S/C23H39N3.3C2H6/c1-19-7-9-21(10-8-19)25-13-11-20(12-14-25)22(2,3)23(4,5)26-17-15-24(6)16-18-26;3*1-2/h7-10,20H,11-18H2,1-6H3;3*1-2H3. The van der Waals surface area contributed by atoms with Crippen LogP contribution >= 0.6 is 0 Å². The molecule has 0 radical (unpaired) electrons. The highest BCUT2D eigenvalue weighted by Crippen LogP contribution is 2.46. The van der Waals surface area contributed by atoms with Crippen LogP contribution in [-0.4, -0.2) is 61.7 Å². The molecule has 0 saturated carbocycles. The Kier molecular flexibility index (Phi) is 14.5. The Hall–Kier alpha value is -1.06. The molecule has 0 aliphatic carbocycles. The van der Waals surface area contributed by atoms with E-state index in [2.05, 4.69) is 80.6 Å². The molecule has 188 valence electrons. The van der Waals surface area contributed by atoms with E-state index in [1.54, 1.807) is 0 Å². The molecule has 1 aromatic carbocycles. The molecule has 2 heterocycles. The molecule has 2 saturated heterocycles. The number of piperidine rings is 1. The van der Waals surface area contributed by atoms with Gasteiger partial charge in [0.1, 0.15) is 0 Å². The predicted molar refractivity (Wildman–Crippen MR) is 147 cm³/mol. The summed E-state index contributed by atoms with van der Waals surface area (Å²) in [6.07, 6.45) is 2.61. The average Bonchev–Trinajstić information content (AvgIpc) is 2.84. The fraction of sp³-hybridized carbons (Fsp3) is 0.793. The van der Waals surface area contributed by atoms with Crippen LogP contribution in [0.3, 0.4) is 0 Å². The molecule has 0 atom stereocenters. The fourth-order valence-electron chi connectivity index (χ4n) is 4.89. The molecule has 3 rings (SSSR count). The lowest BCUT2D eigenvalue weighted by Gasteiger charge is -2.56. The topological polar surface area (TPSA) is 9.72 Å². The third-order valence-corrected chi connectivity index (χ3v) is 7.79. The number of anilines is 1. The predicted octanol–water partition coefficient (Wildman–Crippen LogP) is 7.34. The number of hydrogen-bond acceptors (Lipinski definition) is 3. The minimum Gasteiger partial charge on any atom is -0.372 e. The summed E-state index contributed by atoms with van der Waals surface area (Å²) in [6, 6.07) is 9.05. The van der Waals surface area contributed by atoms with Gasteiger partial charge in [0.2, 0.25) is 0 Å². The van der Waals surface area contributed by atoms with Crippen LogP contribution in [0.4, 0.5) is 5.69 Å². The summed E-state index contributed by atoms with van der Waals surface area (Å²) in [5.74, 6) is 0.791. The molecule has 3 heteroatoms. The molecule has 1 aromatic rings. The third kappa shape index (κ3) is 7.76. The fourth-order valence-corrected chi connectivity index (χ4v) is 4.89. The molecule has 0 bridgehead atoms. The van der Waals surface area contributed by atoms with E-state index in [9.17, 15) is 0 Å². The minimum absolute atomic E-state index is 0.241. The quantitative estimate of drug-likeness (QED) is 0.478. The van der Waals surface area contributed by atoms with Crippen molar-refractivity contribution in [2.75, 3.05) is 51.2 Å². The largest absolute Gasteiger partial charge is 0.372 e. The Balaban J connectivity index is 0.00000148. The van der Waals surface area contributed by atoms with Gasteiger partial charge >= 0.3 is 0 Å². The van der Waals surface area contributed by atoms with Crippen LogP contribution in [0.15, 0.2) is 24.3 Å². The first kappa shape index (κ1) is 30.9. The number of piperazine rings is 1. The second-order valence-electron chi connectivity index (χ2n) is 9.67. The van der Waals surface area contributed by atoms with Crippen molar-refractivity contribution >= 4 is 5.69 Å². The van der Waals surface area contributed by atoms with Gasteiger partial charge in [0.25, 0.3) is 0 Å². The minimum atomic E-state index is 0.241. The summed E-state index contributed by atoms with van der Waals surface area (Å²) in [4.78, 5) is 7.79. The zero-order valence-corrected chi connectivity index (χ0v) is 23.9. The first-order chi connectivity index (χ1) is 15.2. The summed E-state index contributed by atoms with van der Waals surface area (Å²) in [6.45, 7) is 31.4. The highest BCUT2D eigenvalue weighted by molar-refractivity contribution is 5.47. The number of benzene rings is 1. The Bertz CT molecular complexity index is 575. The molecule has 0 aromatic heterocycles. The van der Waals surface area contributed by atoms with E-state index in [0.29, 0.717) is 5.41 Å². The van der Waals surface area contributed by atoms with Crippen molar-refractivity contribution in [3.63, 3.8) is 0 Å². The second kappa shape index (κ2) is 15.0. The van der Waals surface area contributed by atoms with Gasteiger partial charge in [-0.05, 0) is 64.1 Å².